The molecule has 1 aliphatic carbocycles. The molecule has 20 heavy (non-hydrogen) atoms. The summed E-state index contributed by atoms with van der Waals surface area (Å²) in [7, 11) is 0. The fourth-order valence-corrected chi connectivity index (χ4v) is 3.89. The van der Waals surface area contributed by atoms with Crippen LogP contribution in [-0.4, -0.2) is 42.0 Å². The van der Waals surface area contributed by atoms with Gasteiger partial charge in [-0.05, 0) is 57.2 Å². The van der Waals surface area contributed by atoms with Gasteiger partial charge in [0.15, 0.2) is 0 Å². The van der Waals surface area contributed by atoms with Gasteiger partial charge in [0.2, 0.25) is 0 Å². The summed E-state index contributed by atoms with van der Waals surface area (Å²) >= 11 is 0. The SMILES string of the molecule is CC(C)N1CCCN([C@H]2CCCc3ccccc32)CC1. The van der Waals surface area contributed by atoms with Crippen LogP contribution in [0.4, 0.5) is 0 Å². The topological polar surface area (TPSA) is 6.48 Å². The van der Waals surface area contributed by atoms with E-state index in [0.717, 1.165) is 0 Å². The van der Waals surface area contributed by atoms with Crippen LogP contribution < -0.4 is 0 Å². The molecule has 0 radical (unpaired) electrons. The van der Waals surface area contributed by atoms with Gasteiger partial charge in [0, 0.05) is 31.7 Å². The van der Waals surface area contributed by atoms with Crippen LogP contribution in [0.5, 0.6) is 0 Å². The minimum absolute atomic E-state index is 0.673. The van der Waals surface area contributed by atoms with Gasteiger partial charge in [0.1, 0.15) is 0 Å². The number of aryl methyl sites for hydroxylation is 1. The van der Waals surface area contributed by atoms with Crippen LogP contribution >= 0.6 is 0 Å². The van der Waals surface area contributed by atoms with E-state index in [-0.39, 0.29) is 0 Å². The molecule has 0 bridgehead atoms. The lowest BCUT2D eigenvalue weighted by atomic mass is 9.87. The van der Waals surface area contributed by atoms with Crippen molar-refractivity contribution in [2.75, 3.05) is 26.2 Å². The summed E-state index contributed by atoms with van der Waals surface area (Å²) in [4.78, 5) is 5.38. The van der Waals surface area contributed by atoms with Gasteiger partial charge < -0.3 is 0 Å². The Morgan fingerprint density at radius 2 is 1.85 bits per heavy atom. The van der Waals surface area contributed by atoms with Crippen LogP contribution in [0, 0.1) is 0 Å². The second-order valence-electron chi connectivity index (χ2n) is 6.63. The lowest BCUT2D eigenvalue weighted by Gasteiger charge is -2.35. The van der Waals surface area contributed by atoms with Gasteiger partial charge in [-0.15, -0.1) is 0 Å². The number of nitrogens with zero attached hydrogens (tertiary/aromatic N) is 2. The van der Waals surface area contributed by atoms with Gasteiger partial charge in [-0.3, -0.25) is 9.80 Å². The van der Waals surface area contributed by atoms with E-state index < -0.39 is 0 Å². The predicted octanol–water partition coefficient (Wildman–Crippen LogP) is 3.48. The van der Waals surface area contributed by atoms with E-state index >= 15 is 0 Å². The number of hydrogen-bond donors (Lipinski definition) is 0. The molecule has 1 saturated heterocycles. The van der Waals surface area contributed by atoms with Crippen LogP contribution in [0.1, 0.15) is 50.3 Å². The van der Waals surface area contributed by atoms with Gasteiger partial charge in [-0.25, -0.2) is 0 Å². The summed E-state index contributed by atoms with van der Waals surface area (Å²) in [5.74, 6) is 0. The van der Waals surface area contributed by atoms with Crippen molar-refractivity contribution in [3.63, 3.8) is 0 Å². The van der Waals surface area contributed by atoms with E-state index in [1.54, 1.807) is 11.1 Å². The molecule has 110 valence electrons. The smallest absolute Gasteiger partial charge is 0.0351 e. The molecule has 2 aliphatic rings. The average molecular weight is 272 g/mol. The molecule has 0 saturated carbocycles. The Bertz CT molecular complexity index is 441. The van der Waals surface area contributed by atoms with E-state index in [4.69, 9.17) is 0 Å². The molecule has 0 spiro atoms. The van der Waals surface area contributed by atoms with E-state index in [9.17, 15) is 0 Å². The van der Waals surface area contributed by atoms with Crippen LogP contribution in [0.25, 0.3) is 0 Å². The first-order valence-corrected chi connectivity index (χ1v) is 8.31. The lowest BCUT2D eigenvalue weighted by molar-refractivity contribution is 0.173. The fraction of sp³-hybridized carbons (Fsp3) is 0.667. The second kappa shape index (κ2) is 6.28. The second-order valence-corrected chi connectivity index (χ2v) is 6.63. The predicted molar refractivity (Wildman–Crippen MR) is 85.0 cm³/mol. The summed E-state index contributed by atoms with van der Waals surface area (Å²) in [5.41, 5.74) is 3.20. The third-order valence-corrected chi connectivity index (χ3v) is 5.07. The molecule has 2 heteroatoms. The fourth-order valence-electron chi connectivity index (χ4n) is 3.89. The monoisotopic (exact) mass is 272 g/mol. The van der Waals surface area contributed by atoms with Crippen molar-refractivity contribution in [2.24, 2.45) is 0 Å². The Morgan fingerprint density at radius 3 is 2.70 bits per heavy atom. The average Bonchev–Trinajstić information content (AvgIpc) is 2.72. The maximum absolute atomic E-state index is 2.75. The molecular weight excluding hydrogens is 244 g/mol. The molecule has 1 aromatic rings. The van der Waals surface area contributed by atoms with E-state index in [0.29, 0.717) is 12.1 Å². The number of benzene rings is 1. The summed E-state index contributed by atoms with van der Waals surface area (Å²) in [6.07, 6.45) is 5.29. The molecule has 0 aromatic heterocycles. The molecule has 1 aromatic carbocycles. The molecular formula is C18H28N2. The third-order valence-electron chi connectivity index (χ3n) is 5.07. The summed E-state index contributed by atoms with van der Waals surface area (Å²) < 4.78 is 0. The van der Waals surface area contributed by atoms with Gasteiger partial charge in [-0.2, -0.15) is 0 Å². The molecule has 0 amide bonds. The Kier molecular flexibility index (Phi) is 4.42. The summed E-state index contributed by atoms with van der Waals surface area (Å²) in [6.45, 7) is 9.65. The molecule has 3 rings (SSSR count). The van der Waals surface area contributed by atoms with Crippen molar-refractivity contribution in [2.45, 2.75) is 51.6 Å². The summed E-state index contributed by atoms with van der Waals surface area (Å²) in [5, 5.41) is 0. The lowest BCUT2D eigenvalue weighted by Crippen LogP contribution is -2.37. The minimum atomic E-state index is 0.673. The van der Waals surface area contributed by atoms with Crippen molar-refractivity contribution < 1.29 is 0 Å². The third kappa shape index (κ3) is 2.91. The van der Waals surface area contributed by atoms with Gasteiger partial charge >= 0.3 is 0 Å². The maximum atomic E-state index is 2.75. The highest BCUT2D eigenvalue weighted by atomic mass is 15.2. The zero-order valence-corrected chi connectivity index (χ0v) is 13.0. The highest BCUT2D eigenvalue weighted by Gasteiger charge is 2.27. The van der Waals surface area contributed by atoms with Gasteiger partial charge in [0.25, 0.3) is 0 Å². The molecule has 1 fully saturated rings. The first-order chi connectivity index (χ1) is 9.75. The van der Waals surface area contributed by atoms with Crippen molar-refractivity contribution in [3.05, 3.63) is 35.4 Å². The number of rotatable bonds is 2. The van der Waals surface area contributed by atoms with E-state index in [1.807, 2.05) is 0 Å². The van der Waals surface area contributed by atoms with Gasteiger partial charge in [-0.1, -0.05) is 24.3 Å². The zero-order valence-electron chi connectivity index (χ0n) is 13.0. The van der Waals surface area contributed by atoms with Crippen molar-refractivity contribution in [1.82, 2.24) is 9.80 Å². The maximum Gasteiger partial charge on any atom is 0.0351 e. The quantitative estimate of drug-likeness (QED) is 0.813. The molecule has 2 nitrogen and oxygen atoms in total. The Balaban J connectivity index is 1.74. The van der Waals surface area contributed by atoms with Crippen molar-refractivity contribution >= 4 is 0 Å². The highest BCUT2D eigenvalue weighted by Crippen LogP contribution is 2.34. The van der Waals surface area contributed by atoms with Crippen LogP contribution in [-0.2, 0) is 6.42 Å². The Labute approximate surface area is 123 Å². The first kappa shape index (κ1) is 14.1. The van der Waals surface area contributed by atoms with Crippen LogP contribution in [0.15, 0.2) is 24.3 Å². The minimum Gasteiger partial charge on any atom is -0.300 e. The first-order valence-electron chi connectivity index (χ1n) is 8.31. The highest BCUT2D eigenvalue weighted by molar-refractivity contribution is 5.32. The molecule has 1 atom stereocenters. The van der Waals surface area contributed by atoms with Crippen molar-refractivity contribution in [1.29, 1.82) is 0 Å². The normalized spacial score (nSPS) is 25.4. The zero-order chi connectivity index (χ0) is 13.9. The Morgan fingerprint density at radius 1 is 1.00 bits per heavy atom. The largest absolute Gasteiger partial charge is 0.300 e. The summed E-state index contributed by atoms with van der Waals surface area (Å²) in [6, 6.07) is 10.5. The van der Waals surface area contributed by atoms with E-state index in [1.165, 1.54) is 51.9 Å². The molecule has 1 aliphatic heterocycles. The van der Waals surface area contributed by atoms with Crippen LogP contribution in [0.3, 0.4) is 0 Å². The number of fused-ring (bicyclic) bond motifs is 1. The van der Waals surface area contributed by atoms with E-state index in [2.05, 4.69) is 47.9 Å². The Hall–Kier alpha value is -0.860. The number of hydrogen-bond acceptors (Lipinski definition) is 2. The van der Waals surface area contributed by atoms with Crippen molar-refractivity contribution in [3.8, 4) is 0 Å². The van der Waals surface area contributed by atoms with Gasteiger partial charge in [0.05, 0.1) is 0 Å². The standard InChI is InChI=1S/C18H28N2/c1-15(2)19-11-6-12-20(14-13-19)18-10-5-8-16-7-3-4-9-17(16)18/h3-4,7,9,15,18H,5-6,8,10-14H2,1-2H3/t18-/m0/s1. The van der Waals surface area contributed by atoms with Crippen LogP contribution in [0.2, 0.25) is 0 Å². The molecule has 0 N–H and O–H groups in total. The molecule has 0 unspecified atom stereocenters. The molecule has 1 heterocycles.